The summed E-state index contributed by atoms with van der Waals surface area (Å²) in [6.45, 7) is 6.61. The fourth-order valence-electron chi connectivity index (χ4n) is 8.07. The predicted molar refractivity (Wildman–Crippen MR) is 242 cm³/mol. The number of para-hydroxylation sites is 1. The van der Waals surface area contributed by atoms with Crippen LogP contribution in [0, 0.1) is 5.92 Å². The number of unbranched alkanes of at least 4 members (excludes halogenated alkanes) is 1. The van der Waals surface area contributed by atoms with E-state index in [1.165, 1.54) is 7.11 Å². The molecule has 5 heterocycles. The summed E-state index contributed by atoms with van der Waals surface area (Å²) in [5.74, 6) is -0.488. The van der Waals surface area contributed by atoms with Crippen LogP contribution in [0.15, 0.2) is 65.5 Å². The summed E-state index contributed by atoms with van der Waals surface area (Å²) in [6, 6.07) is 17.5. The van der Waals surface area contributed by atoms with Gasteiger partial charge in [-0.25, -0.2) is 9.78 Å². The van der Waals surface area contributed by atoms with Crippen molar-refractivity contribution in [2.45, 2.75) is 108 Å². The van der Waals surface area contributed by atoms with Gasteiger partial charge in [0.2, 0.25) is 11.9 Å². The van der Waals surface area contributed by atoms with Gasteiger partial charge in [-0.15, -0.1) is 0 Å². The number of methoxy groups -OCH3 is 1. The van der Waals surface area contributed by atoms with Crippen LogP contribution in [-0.4, -0.2) is 107 Å². The Hall–Kier alpha value is -5.34. The van der Waals surface area contributed by atoms with Gasteiger partial charge in [-0.1, -0.05) is 39.0 Å². The molecule has 17 nitrogen and oxygen atoms in total. The second-order valence-corrected chi connectivity index (χ2v) is 16.8. The summed E-state index contributed by atoms with van der Waals surface area (Å²) in [7, 11) is 3.09. The van der Waals surface area contributed by atoms with E-state index in [2.05, 4.69) is 16.0 Å². The predicted octanol–water partition coefficient (Wildman–Crippen LogP) is 3.41. The fourth-order valence-corrected chi connectivity index (χ4v) is 8.34. The van der Waals surface area contributed by atoms with Crippen molar-refractivity contribution in [2.24, 2.45) is 11.7 Å². The van der Waals surface area contributed by atoms with E-state index in [0.717, 1.165) is 35.6 Å². The van der Waals surface area contributed by atoms with Gasteiger partial charge in [0.1, 0.15) is 43.0 Å². The highest BCUT2D eigenvalue weighted by Crippen LogP contribution is 2.41. The minimum atomic E-state index is -1.69. The van der Waals surface area contributed by atoms with Crippen LogP contribution in [0.1, 0.15) is 69.6 Å². The van der Waals surface area contributed by atoms with Crippen molar-refractivity contribution < 1.29 is 48.3 Å². The van der Waals surface area contributed by atoms with Crippen LogP contribution >= 0.6 is 12.2 Å². The van der Waals surface area contributed by atoms with Gasteiger partial charge in [0.15, 0.2) is 5.11 Å². The van der Waals surface area contributed by atoms with Gasteiger partial charge in [-0.2, -0.15) is 0 Å². The number of aliphatic hydroxyl groups is 2. The van der Waals surface area contributed by atoms with Gasteiger partial charge < -0.3 is 64.9 Å². The number of aliphatic hydroxyl groups excluding tert-OH is 2. The molecule has 2 aromatic heterocycles. The average molecular weight is 903 g/mol. The minimum Gasteiger partial charge on any atom is -0.462 e. The Morgan fingerprint density at radius 2 is 1.88 bits per heavy atom. The lowest BCUT2D eigenvalue weighted by atomic mass is 9.85. The Morgan fingerprint density at radius 3 is 2.55 bits per heavy atom. The van der Waals surface area contributed by atoms with Crippen molar-refractivity contribution in [3.05, 3.63) is 87.7 Å². The number of nitrogens with one attached hydrogen (secondary N) is 3. The number of nitrogens with zero attached hydrogens (tertiary/aromatic N) is 2. The van der Waals surface area contributed by atoms with Crippen molar-refractivity contribution in [3.8, 4) is 17.1 Å². The molecule has 344 valence electrons. The molecule has 0 saturated carbocycles. The Morgan fingerprint density at radius 1 is 1.12 bits per heavy atom. The first kappa shape index (κ1) is 48.1. The van der Waals surface area contributed by atoms with Crippen LogP contribution in [0.4, 0.5) is 5.69 Å². The summed E-state index contributed by atoms with van der Waals surface area (Å²) in [4.78, 5) is 55.9. The first-order valence-corrected chi connectivity index (χ1v) is 21.9. The number of anilines is 1. The number of rotatable bonds is 16. The molecule has 7 atom stereocenters. The molecular weight excluding hydrogens is 845 g/mol. The highest BCUT2D eigenvalue weighted by molar-refractivity contribution is 7.80. The first-order valence-electron chi connectivity index (χ1n) is 21.5. The second-order valence-electron chi connectivity index (χ2n) is 16.4. The Balaban J connectivity index is 0.000000217. The smallest absolute Gasteiger partial charge is 0.355 e. The number of carbonyl (C=O) groups excluding carboxylic acids is 3. The van der Waals surface area contributed by atoms with E-state index < -0.39 is 48.2 Å². The number of likely N-dealkylation sites (N-methyl/N-ethyl adjacent to an activating group) is 1. The highest BCUT2D eigenvalue weighted by atomic mass is 32.1. The number of benzene rings is 2. The molecule has 1 fully saturated rings. The normalized spacial score (nSPS) is 21.9. The summed E-state index contributed by atoms with van der Waals surface area (Å²) in [5, 5.41) is 30.3. The number of hydrogen-bond acceptors (Lipinski definition) is 15. The molecule has 1 saturated heterocycles. The quantitative estimate of drug-likeness (QED) is 0.0360. The number of aromatic nitrogens is 2. The molecule has 4 aromatic rings. The number of thiocarbonyl (C=S) groups is 1. The number of ether oxygens (including phenoxy) is 5. The van der Waals surface area contributed by atoms with Crippen molar-refractivity contribution in [2.75, 3.05) is 32.6 Å². The first-order chi connectivity index (χ1) is 30.8. The molecule has 3 aliphatic heterocycles. The topological polar surface area (TPSA) is 235 Å². The second kappa shape index (κ2) is 21.6. The molecule has 1 unspecified atom stereocenters. The van der Waals surface area contributed by atoms with E-state index >= 15 is 0 Å². The molecule has 0 bridgehead atoms. The maximum absolute atomic E-state index is 13.6. The molecule has 3 aliphatic rings. The van der Waals surface area contributed by atoms with Crippen LogP contribution in [0.3, 0.4) is 0 Å². The number of carbonyl (C=O) groups is 3. The van der Waals surface area contributed by atoms with E-state index in [4.69, 9.17) is 46.6 Å². The molecule has 0 aliphatic carbocycles. The van der Waals surface area contributed by atoms with Crippen LogP contribution in [0.2, 0.25) is 0 Å². The molecule has 7 rings (SSSR count). The lowest BCUT2D eigenvalue weighted by Crippen LogP contribution is -2.55. The maximum Gasteiger partial charge on any atom is 0.355 e. The maximum atomic E-state index is 13.6. The van der Waals surface area contributed by atoms with E-state index in [1.807, 2.05) is 44.2 Å². The van der Waals surface area contributed by atoms with Gasteiger partial charge in [-0.05, 0) is 106 Å². The van der Waals surface area contributed by atoms with Gasteiger partial charge >= 0.3 is 11.9 Å². The van der Waals surface area contributed by atoms with E-state index in [1.54, 1.807) is 48.9 Å². The van der Waals surface area contributed by atoms with E-state index in [9.17, 15) is 29.4 Å². The standard InChI is InChI=1S/C27H29N3O5.C19H29N3O6S/c1-5-27(35-25(32)21(28-4)10-15(2)3)19-12-22-23-17(11-16-8-6-7-9-20(16)29-23)13-30(22)24(31)18(19)14-34-26(27)33;1-26-17-15(24)11-27-18(16(17)25)28-14-7-5-12(6-8-14)21-19(29)22-13(10-23)4-2-3-9-20/h6-9,11-12,15,21,28H,5,10,13-14H2,1-4H3;5-8,10,13,15-18,24-25H,2-4,9,11,20H2,1H3,(H2,21,22,29)/t21-,27-;13-,15+,16?,17+,18+/m00/s1. The van der Waals surface area contributed by atoms with Gasteiger partial charge in [0, 0.05) is 29.3 Å². The molecular formula is C46H58N6O11S. The number of fused-ring (bicyclic) bond motifs is 5. The summed E-state index contributed by atoms with van der Waals surface area (Å²) >= 11 is 5.25. The molecule has 18 heteroatoms. The molecule has 0 spiro atoms. The van der Waals surface area contributed by atoms with Crippen LogP contribution in [0.5, 0.6) is 5.75 Å². The lowest BCUT2D eigenvalue weighted by molar-refractivity contribution is -0.247. The summed E-state index contributed by atoms with van der Waals surface area (Å²) in [5.41, 5.74) is 8.02. The number of nitrogens with two attached hydrogens (primary N) is 1. The third kappa shape index (κ3) is 10.6. The zero-order valence-electron chi connectivity index (χ0n) is 36.7. The third-order valence-electron chi connectivity index (χ3n) is 11.5. The third-order valence-corrected chi connectivity index (χ3v) is 11.7. The highest BCUT2D eigenvalue weighted by Gasteiger charge is 2.51. The average Bonchev–Trinajstić information content (AvgIpc) is 3.64. The van der Waals surface area contributed by atoms with Crippen molar-refractivity contribution in [1.29, 1.82) is 0 Å². The Labute approximate surface area is 377 Å². The molecule has 0 radical (unpaired) electrons. The number of hydrogen-bond donors (Lipinski definition) is 6. The monoisotopic (exact) mass is 902 g/mol. The van der Waals surface area contributed by atoms with Gasteiger partial charge in [0.05, 0.1) is 41.7 Å². The van der Waals surface area contributed by atoms with Crippen LogP contribution < -0.4 is 32.0 Å². The van der Waals surface area contributed by atoms with E-state index in [0.29, 0.717) is 65.0 Å². The number of cyclic esters (lactones) is 1. The van der Waals surface area contributed by atoms with Crippen molar-refractivity contribution in [3.63, 3.8) is 0 Å². The molecule has 7 N–H and O–H groups in total. The van der Waals surface area contributed by atoms with Crippen LogP contribution in [0.25, 0.3) is 22.3 Å². The van der Waals surface area contributed by atoms with Gasteiger partial charge in [-0.3, -0.25) is 9.59 Å². The number of pyridine rings is 2. The van der Waals surface area contributed by atoms with Gasteiger partial charge in [0.25, 0.3) is 5.56 Å². The number of esters is 2. The fraction of sp³-hybridized carbons (Fsp3) is 0.478. The van der Waals surface area contributed by atoms with E-state index in [-0.39, 0.29) is 37.2 Å². The molecule has 0 amide bonds. The summed E-state index contributed by atoms with van der Waals surface area (Å²) < 4.78 is 29.1. The van der Waals surface area contributed by atoms with Crippen molar-refractivity contribution in [1.82, 2.24) is 20.2 Å². The lowest BCUT2D eigenvalue weighted by Gasteiger charge is -2.36. The SMILES string of the molecule is CC[C@@]1(OC(=O)[C@H](CC(C)C)NC)C(=O)OCc2c1cc1n(c2=O)Cc2cc3ccccc3nc2-1.CO[C@H]1C(O)[C@@H](Oc2ccc(NC(=S)N[C@H](C=O)CCCCN)cc2)OC[C@H]1O. The van der Waals surface area contributed by atoms with Crippen molar-refractivity contribution >= 4 is 52.1 Å². The number of aldehydes is 1. The summed E-state index contributed by atoms with van der Waals surface area (Å²) in [6.07, 6.45) is 0.114. The van der Waals surface area contributed by atoms with Crippen LogP contribution in [-0.2, 0) is 52.1 Å². The zero-order chi connectivity index (χ0) is 46.1. The Bertz CT molecular complexity index is 2360. The molecule has 2 aromatic carbocycles. The largest absolute Gasteiger partial charge is 0.462 e. The minimum absolute atomic E-state index is 0.00297. The molecule has 64 heavy (non-hydrogen) atoms. The Kier molecular flexibility index (Phi) is 16.2. The zero-order valence-corrected chi connectivity index (χ0v) is 37.5.